The lowest BCUT2D eigenvalue weighted by atomic mass is 10.2. The van der Waals surface area contributed by atoms with E-state index in [0.29, 0.717) is 11.3 Å². The average Bonchev–Trinajstić information content (AvgIpc) is 2.83. The van der Waals surface area contributed by atoms with Gasteiger partial charge in [-0.15, -0.1) is 11.3 Å². The molecule has 0 radical (unpaired) electrons. The van der Waals surface area contributed by atoms with Gasteiger partial charge in [-0.3, -0.25) is 4.79 Å². The highest BCUT2D eigenvalue weighted by molar-refractivity contribution is 7.89. The van der Waals surface area contributed by atoms with Crippen LogP contribution in [0.15, 0.2) is 40.6 Å². The van der Waals surface area contributed by atoms with Gasteiger partial charge in [-0.05, 0) is 36.1 Å². The van der Waals surface area contributed by atoms with E-state index < -0.39 is 10.0 Å². The number of rotatable bonds is 4. The van der Waals surface area contributed by atoms with E-state index in [-0.39, 0.29) is 17.2 Å². The summed E-state index contributed by atoms with van der Waals surface area (Å²) in [5, 5.41) is 9.74. The van der Waals surface area contributed by atoms with Gasteiger partial charge in [0.05, 0.1) is 11.3 Å². The molecule has 7 heteroatoms. The number of carbonyl (C=O) groups is 1. The van der Waals surface area contributed by atoms with E-state index >= 15 is 0 Å². The number of primary sulfonamides is 1. The van der Waals surface area contributed by atoms with Gasteiger partial charge in [-0.25, -0.2) is 13.6 Å². The van der Waals surface area contributed by atoms with Crippen molar-refractivity contribution >= 4 is 33.0 Å². The molecule has 1 aromatic carbocycles. The fourth-order valence-electron chi connectivity index (χ4n) is 1.82. The third kappa shape index (κ3) is 3.44. The highest BCUT2D eigenvalue weighted by atomic mass is 32.2. The Hall–Kier alpha value is -1.70. The van der Waals surface area contributed by atoms with Crippen LogP contribution in [-0.4, -0.2) is 14.3 Å². The smallest absolute Gasteiger partial charge is 0.238 e. The van der Waals surface area contributed by atoms with Crippen molar-refractivity contribution in [1.29, 1.82) is 0 Å². The summed E-state index contributed by atoms with van der Waals surface area (Å²) in [6.45, 7) is 1.61. The van der Waals surface area contributed by atoms with Crippen LogP contribution in [0.3, 0.4) is 0 Å². The maximum atomic E-state index is 11.9. The van der Waals surface area contributed by atoms with Gasteiger partial charge in [-0.1, -0.05) is 12.1 Å². The lowest BCUT2D eigenvalue weighted by Gasteiger charge is -2.11. The normalized spacial score (nSPS) is 11.3. The number of benzene rings is 1. The average molecular weight is 310 g/mol. The maximum Gasteiger partial charge on any atom is 0.238 e. The Morgan fingerprint density at radius 3 is 2.65 bits per heavy atom. The quantitative estimate of drug-likeness (QED) is 0.903. The summed E-state index contributed by atoms with van der Waals surface area (Å²) in [5.41, 5.74) is 0.896. The second-order valence-electron chi connectivity index (χ2n) is 4.28. The summed E-state index contributed by atoms with van der Waals surface area (Å²) >= 11 is 1.50. The van der Waals surface area contributed by atoms with Crippen LogP contribution in [-0.2, 0) is 21.2 Å². The summed E-state index contributed by atoms with van der Waals surface area (Å²) in [6.07, 6.45) is 0.261. The first-order valence-corrected chi connectivity index (χ1v) is 8.25. The molecular formula is C13H14N2O3S2. The molecule has 2 aromatic rings. The van der Waals surface area contributed by atoms with E-state index in [1.807, 2.05) is 17.5 Å². The van der Waals surface area contributed by atoms with Crippen LogP contribution in [0.4, 0.5) is 5.69 Å². The molecule has 0 aliphatic carbocycles. The summed E-state index contributed by atoms with van der Waals surface area (Å²) in [5.74, 6) is -0.192. The number of amides is 1. The summed E-state index contributed by atoms with van der Waals surface area (Å²) in [6, 6.07) is 8.36. The summed E-state index contributed by atoms with van der Waals surface area (Å²) < 4.78 is 22.8. The third-order valence-electron chi connectivity index (χ3n) is 2.78. The fourth-order valence-corrected chi connectivity index (χ4v) is 3.33. The molecule has 0 fully saturated rings. The maximum absolute atomic E-state index is 11.9. The summed E-state index contributed by atoms with van der Waals surface area (Å²) in [4.78, 5) is 12.9. The van der Waals surface area contributed by atoms with Gasteiger partial charge in [0.25, 0.3) is 0 Å². The van der Waals surface area contributed by atoms with Crippen LogP contribution in [0.5, 0.6) is 0 Å². The van der Waals surface area contributed by atoms with Crippen LogP contribution >= 0.6 is 11.3 Å². The van der Waals surface area contributed by atoms with Crippen molar-refractivity contribution in [3.05, 3.63) is 46.2 Å². The molecule has 0 atom stereocenters. The molecule has 3 N–H and O–H groups in total. The second kappa shape index (κ2) is 5.74. The molecular weight excluding hydrogens is 296 g/mol. The van der Waals surface area contributed by atoms with Crippen molar-refractivity contribution in [2.75, 3.05) is 5.32 Å². The molecule has 2 rings (SSSR count). The van der Waals surface area contributed by atoms with Crippen LogP contribution in [0.1, 0.15) is 10.4 Å². The first-order chi connectivity index (χ1) is 9.38. The molecule has 0 aliphatic rings. The van der Waals surface area contributed by atoms with E-state index in [2.05, 4.69) is 5.32 Å². The topological polar surface area (TPSA) is 89.3 Å². The Morgan fingerprint density at radius 1 is 1.30 bits per heavy atom. The van der Waals surface area contributed by atoms with E-state index in [1.165, 1.54) is 17.4 Å². The van der Waals surface area contributed by atoms with Crippen LogP contribution in [0.25, 0.3) is 0 Å². The largest absolute Gasteiger partial charge is 0.325 e. The highest BCUT2D eigenvalue weighted by Crippen LogP contribution is 2.22. The minimum absolute atomic E-state index is 0.0198. The van der Waals surface area contributed by atoms with Crippen molar-refractivity contribution < 1.29 is 13.2 Å². The van der Waals surface area contributed by atoms with E-state index in [9.17, 15) is 13.2 Å². The fraction of sp³-hybridized carbons (Fsp3) is 0.154. The molecule has 0 saturated heterocycles. The van der Waals surface area contributed by atoms with Crippen molar-refractivity contribution in [3.8, 4) is 0 Å². The monoisotopic (exact) mass is 310 g/mol. The van der Waals surface area contributed by atoms with Crippen molar-refractivity contribution in [2.24, 2.45) is 5.14 Å². The van der Waals surface area contributed by atoms with Crippen molar-refractivity contribution in [1.82, 2.24) is 0 Å². The van der Waals surface area contributed by atoms with E-state index in [1.54, 1.807) is 19.1 Å². The second-order valence-corrected chi connectivity index (χ2v) is 6.84. The van der Waals surface area contributed by atoms with Gasteiger partial charge in [0, 0.05) is 10.6 Å². The lowest BCUT2D eigenvalue weighted by molar-refractivity contribution is -0.115. The van der Waals surface area contributed by atoms with Gasteiger partial charge >= 0.3 is 0 Å². The number of sulfonamides is 1. The van der Waals surface area contributed by atoms with Crippen LogP contribution < -0.4 is 10.5 Å². The molecule has 0 spiro atoms. The van der Waals surface area contributed by atoms with Gasteiger partial charge in [0.2, 0.25) is 15.9 Å². The number of nitrogens with one attached hydrogen (secondary N) is 1. The molecule has 0 bridgehead atoms. The molecule has 1 amide bonds. The number of thiophene rings is 1. The number of hydrogen-bond acceptors (Lipinski definition) is 4. The lowest BCUT2D eigenvalue weighted by Crippen LogP contribution is -2.17. The van der Waals surface area contributed by atoms with Crippen LogP contribution in [0, 0.1) is 6.92 Å². The van der Waals surface area contributed by atoms with E-state index in [4.69, 9.17) is 5.14 Å². The Bertz CT molecular complexity index is 722. The third-order valence-corrected chi connectivity index (χ3v) is 4.71. The Labute approximate surface area is 121 Å². The molecule has 0 aliphatic heterocycles. The zero-order valence-electron chi connectivity index (χ0n) is 10.8. The molecule has 1 heterocycles. The van der Waals surface area contributed by atoms with Gasteiger partial charge < -0.3 is 5.32 Å². The first kappa shape index (κ1) is 14.7. The standard InChI is InChI=1S/C13H14N2O3S2/c1-9-11(5-2-6-12(9)20(14,17)18)15-13(16)8-10-4-3-7-19-10/h2-7H,8H2,1H3,(H,15,16)(H2,14,17,18). The Balaban J connectivity index is 2.20. The number of hydrogen-bond donors (Lipinski definition) is 2. The predicted molar refractivity (Wildman–Crippen MR) is 79.2 cm³/mol. The van der Waals surface area contributed by atoms with E-state index in [0.717, 1.165) is 4.88 Å². The minimum atomic E-state index is -3.79. The minimum Gasteiger partial charge on any atom is -0.325 e. The molecule has 106 valence electrons. The van der Waals surface area contributed by atoms with Gasteiger partial charge in [0.1, 0.15) is 0 Å². The number of anilines is 1. The number of carbonyl (C=O) groups excluding carboxylic acids is 1. The van der Waals surface area contributed by atoms with Gasteiger partial charge in [-0.2, -0.15) is 0 Å². The Morgan fingerprint density at radius 2 is 2.05 bits per heavy atom. The van der Waals surface area contributed by atoms with Crippen LogP contribution in [0.2, 0.25) is 0 Å². The molecule has 0 saturated carbocycles. The van der Waals surface area contributed by atoms with Crippen molar-refractivity contribution in [2.45, 2.75) is 18.2 Å². The first-order valence-electron chi connectivity index (χ1n) is 5.82. The van der Waals surface area contributed by atoms with Gasteiger partial charge in [0.15, 0.2) is 0 Å². The highest BCUT2D eigenvalue weighted by Gasteiger charge is 2.15. The summed E-state index contributed by atoms with van der Waals surface area (Å²) in [7, 11) is -3.79. The predicted octanol–water partition coefficient (Wildman–Crippen LogP) is 1.89. The molecule has 5 nitrogen and oxygen atoms in total. The molecule has 20 heavy (non-hydrogen) atoms. The Kier molecular flexibility index (Phi) is 4.22. The molecule has 0 unspecified atom stereocenters. The zero-order chi connectivity index (χ0) is 14.8. The number of nitrogens with two attached hydrogens (primary N) is 1. The van der Waals surface area contributed by atoms with Crippen molar-refractivity contribution in [3.63, 3.8) is 0 Å². The zero-order valence-corrected chi connectivity index (χ0v) is 12.4. The SMILES string of the molecule is Cc1c(NC(=O)Cc2cccs2)cccc1S(N)(=O)=O. The molecule has 1 aromatic heterocycles.